The Kier molecular flexibility index (Phi) is 23.8. The van der Waals surface area contributed by atoms with E-state index in [0.29, 0.717) is 51.7 Å². The van der Waals surface area contributed by atoms with Crippen molar-refractivity contribution >= 4 is 11.8 Å². The highest BCUT2D eigenvalue weighted by Crippen LogP contribution is 2.20. The fourth-order valence-corrected chi connectivity index (χ4v) is 4.69. The van der Waals surface area contributed by atoms with Gasteiger partial charge >= 0.3 is 5.97 Å². The van der Waals surface area contributed by atoms with Gasteiger partial charge in [-0.15, -0.1) is 0 Å². The first-order valence-corrected chi connectivity index (χ1v) is 15.8. The fourth-order valence-electron chi connectivity index (χ4n) is 4.69. The summed E-state index contributed by atoms with van der Waals surface area (Å²) < 4.78 is 21.9. The predicted octanol–water partition coefficient (Wildman–Crippen LogP) is 7.91. The van der Waals surface area contributed by atoms with E-state index in [4.69, 9.17) is 18.9 Å². The number of ketones is 1. The highest BCUT2D eigenvalue weighted by Gasteiger charge is 2.21. The molecule has 0 saturated heterocycles. The summed E-state index contributed by atoms with van der Waals surface area (Å²) in [5.74, 6) is 0.213. The lowest BCUT2D eigenvalue weighted by atomic mass is 10.0. The molecule has 1 aliphatic heterocycles. The minimum Gasteiger partial charge on any atom is -0.455 e. The number of carbonyl (C=O) groups is 2. The van der Waals surface area contributed by atoms with Crippen molar-refractivity contribution in [3.8, 4) is 0 Å². The number of cyclic esters (lactones) is 1. The van der Waals surface area contributed by atoms with E-state index in [0.717, 1.165) is 70.0 Å². The lowest BCUT2D eigenvalue weighted by Crippen LogP contribution is -2.10. The van der Waals surface area contributed by atoms with Crippen molar-refractivity contribution in [2.45, 2.75) is 142 Å². The van der Waals surface area contributed by atoms with Crippen LogP contribution in [0.25, 0.3) is 0 Å². The molecule has 0 fully saturated rings. The molecule has 1 rings (SSSR count). The number of unbranched alkanes of at least 4 members (excludes halogenated alkanes) is 13. The number of esters is 1. The van der Waals surface area contributed by atoms with Crippen LogP contribution in [0.2, 0.25) is 0 Å². The van der Waals surface area contributed by atoms with Crippen LogP contribution in [0, 0.1) is 0 Å². The molecule has 0 amide bonds. The second kappa shape index (κ2) is 26.0. The van der Waals surface area contributed by atoms with Crippen LogP contribution in [0.5, 0.6) is 0 Å². The van der Waals surface area contributed by atoms with Gasteiger partial charge in [-0.1, -0.05) is 77.6 Å². The van der Waals surface area contributed by atoms with Gasteiger partial charge < -0.3 is 18.9 Å². The van der Waals surface area contributed by atoms with Gasteiger partial charge in [0, 0.05) is 31.6 Å². The summed E-state index contributed by atoms with van der Waals surface area (Å²) in [6.07, 6.45) is 23.1. The van der Waals surface area contributed by atoms with Gasteiger partial charge in [-0.25, -0.2) is 4.79 Å². The van der Waals surface area contributed by atoms with E-state index < -0.39 is 0 Å². The van der Waals surface area contributed by atoms with Gasteiger partial charge in [0.25, 0.3) is 0 Å². The lowest BCUT2D eigenvalue weighted by molar-refractivity contribution is -0.139. The number of Topliss-reactive ketones (excluding diaryl/α,β-unsaturated/α-hetero) is 1. The molecule has 0 saturated carbocycles. The molecular weight excluding hydrogens is 480 g/mol. The summed E-state index contributed by atoms with van der Waals surface area (Å²) in [6, 6.07) is 0. The lowest BCUT2D eigenvalue weighted by Gasteiger charge is -2.07. The van der Waals surface area contributed by atoms with E-state index >= 15 is 0 Å². The quantitative estimate of drug-likeness (QED) is 0.0712. The molecule has 1 atom stereocenters. The Hall–Kier alpha value is -1.24. The minimum atomic E-state index is -0.151. The molecule has 222 valence electrons. The van der Waals surface area contributed by atoms with Crippen LogP contribution < -0.4 is 0 Å². The maximum atomic E-state index is 12.0. The highest BCUT2D eigenvalue weighted by atomic mass is 16.5. The first-order chi connectivity index (χ1) is 18.6. The minimum absolute atomic E-state index is 0.0709. The Labute approximate surface area is 233 Å². The molecule has 0 bridgehead atoms. The molecule has 1 heterocycles. The summed E-state index contributed by atoms with van der Waals surface area (Å²) in [5, 5.41) is 0. The summed E-state index contributed by atoms with van der Waals surface area (Å²) in [4.78, 5) is 23.6. The zero-order valence-electron chi connectivity index (χ0n) is 24.8. The van der Waals surface area contributed by atoms with Gasteiger partial charge in [-0.2, -0.15) is 0 Å². The topological polar surface area (TPSA) is 71.1 Å². The van der Waals surface area contributed by atoms with Crippen molar-refractivity contribution in [3.05, 3.63) is 11.6 Å². The van der Waals surface area contributed by atoms with Gasteiger partial charge in [-0.05, 0) is 51.5 Å². The third-order valence-electron chi connectivity index (χ3n) is 7.02. The summed E-state index contributed by atoms with van der Waals surface area (Å²) >= 11 is 0. The molecule has 6 nitrogen and oxygen atoms in total. The molecule has 0 aromatic carbocycles. The monoisotopic (exact) mass is 538 g/mol. The van der Waals surface area contributed by atoms with Gasteiger partial charge in [-0.3, -0.25) is 4.79 Å². The molecule has 38 heavy (non-hydrogen) atoms. The van der Waals surface area contributed by atoms with E-state index in [-0.39, 0.29) is 12.1 Å². The third-order valence-corrected chi connectivity index (χ3v) is 7.02. The Morgan fingerprint density at radius 2 is 1.11 bits per heavy atom. The molecule has 0 aromatic rings. The van der Waals surface area contributed by atoms with Crippen LogP contribution in [-0.4, -0.2) is 57.5 Å². The zero-order chi connectivity index (χ0) is 27.5. The number of hydrogen-bond donors (Lipinski definition) is 0. The van der Waals surface area contributed by atoms with Crippen LogP contribution in [0.15, 0.2) is 11.6 Å². The van der Waals surface area contributed by atoms with Crippen LogP contribution in [0.4, 0.5) is 0 Å². The Bertz CT molecular complexity index is 603. The number of carbonyl (C=O) groups excluding carboxylic acids is 2. The first kappa shape index (κ1) is 34.8. The van der Waals surface area contributed by atoms with E-state index in [1.165, 1.54) is 51.4 Å². The van der Waals surface area contributed by atoms with Crippen LogP contribution >= 0.6 is 0 Å². The molecule has 0 spiro atoms. The van der Waals surface area contributed by atoms with Crippen molar-refractivity contribution < 1.29 is 28.5 Å². The van der Waals surface area contributed by atoms with Crippen molar-refractivity contribution in [3.63, 3.8) is 0 Å². The largest absolute Gasteiger partial charge is 0.455 e. The van der Waals surface area contributed by atoms with Crippen molar-refractivity contribution in [1.29, 1.82) is 0 Å². The molecule has 0 aliphatic carbocycles. The van der Waals surface area contributed by atoms with Crippen molar-refractivity contribution in [2.24, 2.45) is 0 Å². The molecule has 6 heteroatoms. The van der Waals surface area contributed by atoms with Gasteiger partial charge in [0.15, 0.2) is 0 Å². The number of ether oxygens (including phenoxy) is 4. The van der Waals surface area contributed by atoms with E-state index in [1.807, 2.05) is 13.0 Å². The third kappa shape index (κ3) is 21.7. The Morgan fingerprint density at radius 3 is 1.66 bits per heavy atom. The van der Waals surface area contributed by atoms with Gasteiger partial charge in [0.05, 0.1) is 26.4 Å². The summed E-state index contributed by atoms with van der Waals surface area (Å²) in [5.41, 5.74) is 0.827. The number of hydrogen-bond acceptors (Lipinski definition) is 6. The maximum absolute atomic E-state index is 12.0. The molecule has 0 N–H and O–H groups in total. The van der Waals surface area contributed by atoms with Crippen LogP contribution in [0.3, 0.4) is 0 Å². The van der Waals surface area contributed by atoms with Crippen LogP contribution in [-0.2, 0) is 28.5 Å². The van der Waals surface area contributed by atoms with Gasteiger partial charge in [0.1, 0.15) is 11.9 Å². The molecule has 1 aliphatic rings. The second-order valence-electron chi connectivity index (χ2n) is 10.7. The molecule has 0 unspecified atom stereocenters. The normalized spacial score (nSPS) is 15.2. The number of rotatable bonds is 29. The summed E-state index contributed by atoms with van der Waals surface area (Å²) in [6.45, 7) is 8.17. The first-order valence-electron chi connectivity index (χ1n) is 15.8. The SMILES string of the molecule is CCCCCCCCCCCOCCOCCOCCCCC(=O)CCCCCCCC1=C[C@H](C)OC1=O. The summed E-state index contributed by atoms with van der Waals surface area (Å²) in [7, 11) is 0. The van der Waals surface area contributed by atoms with E-state index in [1.54, 1.807) is 0 Å². The molecular formula is C32H58O6. The molecule has 0 aromatic heterocycles. The average Bonchev–Trinajstić information content (AvgIpc) is 3.23. The average molecular weight is 539 g/mol. The molecule has 0 radical (unpaired) electrons. The Balaban J connectivity index is 1.71. The zero-order valence-corrected chi connectivity index (χ0v) is 24.8. The fraction of sp³-hybridized carbons (Fsp3) is 0.875. The van der Waals surface area contributed by atoms with Crippen molar-refractivity contribution in [1.82, 2.24) is 0 Å². The highest BCUT2D eigenvalue weighted by molar-refractivity contribution is 5.90. The van der Waals surface area contributed by atoms with E-state index in [2.05, 4.69) is 6.92 Å². The van der Waals surface area contributed by atoms with Crippen molar-refractivity contribution in [2.75, 3.05) is 39.6 Å². The maximum Gasteiger partial charge on any atom is 0.334 e. The van der Waals surface area contributed by atoms with Gasteiger partial charge in [0.2, 0.25) is 0 Å². The smallest absolute Gasteiger partial charge is 0.334 e. The standard InChI is InChI=1S/C32H58O6/c1-3-4-5-6-7-8-9-13-17-22-35-24-26-37-27-25-36-23-18-16-21-31(33)20-15-12-10-11-14-19-30-28-29(2)38-32(30)34/h28-29H,3-27H2,1-2H3/t29-/m0/s1. The predicted molar refractivity (Wildman–Crippen MR) is 154 cm³/mol. The van der Waals surface area contributed by atoms with E-state index in [9.17, 15) is 9.59 Å². The van der Waals surface area contributed by atoms with Crippen LogP contribution in [0.1, 0.15) is 136 Å². The Morgan fingerprint density at radius 1 is 0.658 bits per heavy atom. The second-order valence-corrected chi connectivity index (χ2v) is 10.7.